The summed E-state index contributed by atoms with van der Waals surface area (Å²) in [4.78, 5) is 8.47. The predicted octanol–water partition coefficient (Wildman–Crippen LogP) is 2.67. The van der Waals surface area contributed by atoms with Crippen LogP contribution in [0.15, 0.2) is 45.2 Å². The molecule has 0 saturated heterocycles. The van der Waals surface area contributed by atoms with Gasteiger partial charge in [-0.2, -0.15) is 21.0 Å². The van der Waals surface area contributed by atoms with Crippen molar-refractivity contribution in [1.29, 1.82) is 21.0 Å². The van der Waals surface area contributed by atoms with Crippen LogP contribution in [0.3, 0.4) is 0 Å². The van der Waals surface area contributed by atoms with E-state index in [9.17, 15) is 0 Å². The van der Waals surface area contributed by atoms with Crippen LogP contribution in [0.5, 0.6) is 0 Å². The second kappa shape index (κ2) is 6.17. The summed E-state index contributed by atoms with van der Waals surface area (Å²) >= 11 is 0. The Kier molecular flexibility index (Phi) is 3.49. The fourth-order valence-corrected chi connectivity index (χ4v) is 3.37. The fraction of sp³-hybridized carbons (Fsp3) is 0. The van der Waals surface area contributed by atoms with E-state index in [0.29, 0.717) is 22.2 Å². The summed E-state index contributed by atoms with van der Waals surface area (Å²) in [6.07, 6.45) is 0. The van der Waals surface area contributed by atoms with Crippen molar-refractivity contribution < 1.29 is 8.83 Å². The molecule has 0 spiro atoms. The van der Waals surface area contributed by atoms with E-state index in [4.69, 9.17) is 29.9 Å². The second-order valence-corrected chi connectivity index (χ2v) is 6.36. The fourth-order valence-electron chi connectivity index (χ4n) is 3.37. The normalized spacial score (nSPS) is 10.5. The van der Waals surface area contributed by atoms with Crippen LogP contribution in [0.4, 0.5) is 0 Å². The molecule has 0 unspecified atom stereocenters. The Balaban J connectivity index is 1.90. The molecule has 5 rings (SSSR count). The molecule has 0 N–H and O–H groups in total. The molecule has 0 bridgehead atoms. The van der Waals surface area contributed by atoms with Crippen molar-refractivity contribution in [2.75, 3.05) is 0 Å². The zero-order valence-corrected chi connectivity index (χ0v) is 15.0. The van der Waals surface area contributed by atoms with Gasteiger partial charge >= 0.3 is 0 Å². The summed E-state index contributed by atoms with van der Waals surface area (Å²) in [7, 11) is 0. The van der Waals surface area contributed by atoms with Crippen LogP contribution >= 0.6 is 0 Å². The Labute approximate surface area is 167 Å². The zero-order valence-electron chi connectivity index (χ0n) is 15.0. The molecule has 5 aromatic rings. The van der Waals surface area contributed by atoms with E-state index in [-0.39, 0.29) is 22.2 Å². The van der Waals surface area contributed by atoms with Crippen LogP contribution in [0.2, 0.25) is 0 Å². The molecule has 0 radical (unpaired) electrons. The van der Waals surface area contributed by atoms with Crippen molar-refractivity contribution in [1.82, 2.24) is 9.97 Å². The van der Waals surface area contributed by atoms with Gasteiger partial charge in [0.15, 0.2) is 22.3 Å². The van der Waals surface area contributed by atoms with Crippen molar-refractivity contribution in [3.05, 3.63) is 47.5 Å². The minimum Gasteiger partial charge on any atom is -0.434 e. The molecule has 8 heteroatoms. The number of nitriles is 4. The number of hydrogen-bond donors (Lipinski definition) is 0. The number of aromatic nitrogens is 2. The lowest BCUT2D eigenvalue weighted by Crippen LogP contribution is -2.03. The summed E-state index contributed by atoms with van der Waals surface area (Å²) in [6, 6.07) is 18.1. The molecular formula is C22H6N6O2. The number of rotatable bonds is 0. The number of nitrogens with zero attached hydrogens (tertiary/aromatic N) is 6. The first-order valence-electron chi connectivity index (χ1n) is 8.58. The van der Waals surface area contributed by atoms with Crippen LogP contribution in [0, 0.1) is 45.3 Å². The number of benzene rings is 3. The van der Waals surface area contributed by atoms with Crippen LogP contribution < -0.4 is 11.1 Å². The Hall–Kier alpha value is -5.18. The lowest BCUT2D eigenvalue weighted by Gasteiger charge is -2.03. The maximum atomic E-state index is 9.07. The topological polar surface area (TPSA) is 147 Å². The van der Waals surface area contributed by atoms with Crippen LogP contribution in [-0.2, 0) is 0 Å². The minimum absolute atomic E-state index is 0.0194. The molecule has 136 valence electrons. The summed E-state index contributed by atoms with van der Waals surface area (Å²) in [5.41, 5.74) is 1.57. The second-order valence-electron chi connectivity index (χ2n) is 6.36. The summed E-state index contributed by atoms with van der Waals surface area (Å²) in [5, 5.41) is 39.4. The van der Waals surface area contributed by atoms with Crippen molar-refractivity contribution in [3.8, 4) is 24.3 Å². The van der Waals surface area contributed by atoms with Crippen molar-refractivity contribution in [2.45, 2.75) is 0 Å². The van der Waals surface area contributed by atoms with E-state index in [1.807, 2.05) is 24.3 Å². The van der Waals surface area contributed by atoms with E-state index in [1.54, 1.807) is 36.4 Å². The molecule has 0 atom stereocenters. The van der Waals surface area contributed by atoms with Gasteiger partial charge in [0.2, 0.25) is 11.1 Å². The molecule has 0 saturated carbocycles. The van der Waals surface area contributed by atoms with Crippen molar-refractivity contribution in [3.63, 3.8) is 0 Å². The van der Waals surface area contributed by atoms with Gasteiger partial charge in [0.25, 0.3) is 0 Å². The monoisotopic (exact) mass is 386 g/mol. The van der Waals surface area contributed by atoms with Crippen LogP contribution in [-0.4, -0.2) is 9.97 Å². The first-order chi connectivity index (χ1) is 14.7. The van der Waals surface area contributed by atoms with E-state index >= 15 is 0 Å². The van der Waals surface area contributed by atoms with Gasteiger partial charge in [-0.25, -0.2) is 9.97 Å². The number of oxazole rings is 2. The molecule has 8 nitrogen and oxygen atoms in total. The standard InChI is InChI=1S/C22H6N6O2/c23-7-13(8-24)21-27-17-3-1-11-5-16-12(6-15(11)19(17)29-21)2-4-18-20(16)30-22(28-18)14(9-25)10-26/h1-6H. The van der Waals surface area contributed by atoms with Gasteiger partial charge in [-0.3, -0.25) is 0 Å². The first kappa shape index (κ1) is 17.0. The van der Waals surface area contributed by atoms with Gasteiger partial charge in [-0.1, -0.05) is 12.1 Å². The third-order valence-corrected chi connectivity index (χ3v) is 4.73. The minimum atomic E-state index is -0.196. The lowest BCUT2D eigenvalue weighted by atomic mass is 10.0. The number of hydrogen-bond acceptors (Lipinski definition) is 8. The average molecular weight is 386 g/mol. The highest BCUT2D eigenvalue weighted by Crippen LogP contribution is 2.31. The highest BCUT2D eigenvalue weighted by molar-refractivity contribution is 6.13. The maximum Gasteiger partial charge on any atom is 0.249 e. The quantitative estimate of drug-likeness (QED) is 0.369. The molecule has 0 amide bonds. The molecule has 0 aliphatic rings. The first-order valence-corrected chi connectivity index (χ1v) is 8.58. The van der Waals surface area contributed by atoms with Gasteiger partial charge < -0.3 is 8.83 Å². The smallest absolute Gasteiger partial charge is 0.249 e. The summed E-state index contributed by atoms with van der Waals surface area (Å²) in [6.45, 7) is 0. The van der Waals surface area contributed by atoms with Gasteiger partial charge in [0.1, 0.15) is 35.3 Å². The van der Waals surface area contributed by atoms with E-state index in [1.165, 1.54) is 0 Å². The van der Waals surface area contributed by atoms with Gasteiger partial charge in [0.05, 0.1) is 0 Å². The van der Waals surface area contributed by atoms with E-state index < -0.39 is 0 Å². The average Bonchev–Trinajstić information content (AvgIpc) is 3.39. The number of fused-ring (bicyclic) bond motifs is 6. The van der Waals surface area contributed by atoms with Crippen molar-refractivity contribution >= 4 is 54.9 Å². The molecule has 30 heavy (non-hydrogen) atoms. The lowest BCUT2D eigenvalue weighted by molar-refractivity contribution is 0.561. The highest BCUT2D eigenvalue weighted by atomic mass is 16.3. The molecule has 0 fully saturated rings. The Bertz CT molecular complexity index is 1680. The third-order valence-electron chi connectivity index (χ3n) is 4.73. The molecular weight excluding hydrogens is 380 g/mol. The summed E-state index contributed by atoms with van der Waals surface area (Å²) < 4.78 is 11.4. The third kappa shape index (κ3) is 2.29. The largest absolute Gasteiger partial charge is 0.434 e. The van der Waals surface area contributed by atoms with E-state index in [0.717, 1.165) is 21.5 Å². The van der Waals surface area contributed by atoms with Crippen LogP contribution in [0.1, 0.15) is 0 Å². The Morgan fingerprint density at radius 2 is 1.03 bits per heavy atom. The Morgan fingerprint density at radius 1 is 0.633 bits per heavy atom. The predicted molar refractivity (Wildman–Crippen MR) is 105 cm³/mol. The molecule has 2 aromatic heterocycles. The molecule has 0 aliphatic carbocycles. The van der Waals surface area contributed by atoms with E-state index in [2.05, 4.69) is 9.97 Å². The van der Waals surface area contributed by atoms with Gasteiger partial charge in [0, 0.05) is 10.8 Å². The maximum absolute atomic E-state index is 9.07. The van der Waals surface area contributed by atoms with Crippen molar-refractivity contribution in [2.24, 2.45) is 0 Å². The summed E-state index contributed by atoms with van der Waals surface area (Å²) in [5.74, 6) is 0. The zero-order chi connectivity index (χ0) is 20.8. The van der Waals surface area contributed by atoms with Crippen LogP contribution in [0.25, 0.3) is 54.9 Å². The SMILES string of the molecule is N#CC(C#N)=c1nc2ccc3cc4c(ccc5nc(=C(C#N)C#N)oc54)cc3c2o1. The highest BCUT2D eigenvalue weighted by Gasteiger charge is 2.13. The molecule has 3 aromatic carbocycles. The van der Waals surface area contributed by atoms with Gasteiger partial charge in [-0.15, -0.1) is 0 Å². The molecule has 0 aliphatic heterocycles. The Morgan fingerprint density at radius 3 is 1.40 bits per heavy atom. The van der Waals surface area contributed by atoms with Gasteiger partial charge in [-0.05, 0) is 35.0 Å². The molecule has 2 heterocycles.